The Hall–Kier alpha value is 0.0569. The lowest BCUT2D eigenvalue weighted by Crippen LogP contribution is -2.35. The minimum Gasteiger partial charge on any atom is -0.420 e. The molecule has 0 radical (unpaired) electrons. The average Bonchev–Trinajstić information content (AvgIpc) is 2.42. The van der Waals surface area contributed by atoms with Crippen LogP contribution in [0, 0.1) is 0 Å². The molecule has 0 heterocycles. The molecule has 0 aromatic heterocycles. The van der Waals surface area contributed by atoms with Crippen LogP contribution in [0.4, 0.5) is 0 Å². The van der Waals surface area contributed by atoms with Crippen LogP contribution in [0.1, 0.15) is 39.5 Å². The molecular weight excluding hydrogens is 278 g/mol. The Morgan fingerprint density at radius 2 is 1.29 bits per heavy atom. The van der Waals surface area contributed by atoms with Crippen molar-refractivity contribution in [1.29, 1.82) is 0 Å². The van der Waals surface area contributed by atoms with Crippen molar-refractivity contribution >= 4 is 9.76 Å². The van der Waals surface area contributed by atoms with Crippen molar-refractivity contribution in [2.75, 3.05) is 60.5 Å². The van der Waals surface area contributed by atoms with Crippen LogP contribution in [0.3, 0.4) is 0 Å². The standard InChI is InChI=1S/C16H39N3OSi/c1-7-16(8-2)20-21-15-19(13-9-11-17(3)4)14-10-12-18(5)6/h16H,7-15,21H2,1-6H3. The molecule has 0 fully saturated rings. The monoisotopic (exact) mass is 317 g/mol. The van der Waals surface area contributed by atoms with Crippen molar-refractivity contribution in [2.24, 2.45) is 0 Å². The van der Waals surface area contributed by atoms with Crippen LogP contribution in [-0.4, -0.2) is 91.1 Å². The van der Waals surface area contributed by atoms with E-state index in [-0.39, 0.29) is 0 Å². The molecule has 5 heteroatoms. The quantitative estimate of drug-likeness (QED) is 0.451. The van der Waals surface area contributed by atoms with E-state index in [1.54, 1.807) is 0 Å². The zero-order valence-electron chi connectivity index (χ0n) is 15.4. The Labute approximate surface area is 135 Å². The van der Waals surface area contributed by atoms with Gasteiger partial charge in [0.25, 0.3) is 0 Å². The van der Waals surface area contributed by atoms with Gasteiger partial charge in [-0.3, -0.25) is 0 Å². The van der Waals surface area contributed by atoms with Crippen LogP contribution in [0.2, 0.25) is 0 Å². The lowest BCUT2D eigenvalue weighted by atomic mass is 10.2. The second-order valence-corrected chi connectivity index (χ2v) is 7.65. The average molecular weight is 318 g/mol. The van der Waals surface area contributed by atoms with Gasteiger partial charge < -0.3 is 19.1 Å². The smallest absolute Gasteiger partial charge is 0.175 e. The van der Waals surface area contributed by atoms with Crippen molar-refractivity contribution in [2.45, 2.75) is 45.6 Å². The molecule has 128 valence electrons. The third kappa shape index (κ3) is 13.4. The Balaban J connectivity index is 3.98. The molecule has 0 aromatic rings. The van der Waals surface area contributed by atoms with Crippen LogP contribution in [0.15, 0.2) is 0 Å². The highest BCUT2D eigenvalue weighted by Gasteiger charge is 2.08. The van der Waals surface area contributed by atoms with Crippen LogP contribution in [0.5, 0.6) is 0 Å². The summed E-state index contributed by atoms with van der Waals surface area (Å²) in [6.45, 7) is 9.25. The predicted molar refractivity (Wildman–Crippen MR) is 96.8 cm³/mol. The lowest BCUT2D eigenvalue weighted by molar-refractivity contribution is 0.189. The highest BCUT2D eigenvalue weighted by molar-refractivity contribution is 6.27. The Bertz CT molecular complexity index is 210. The maximum Gasteiger partial charge on any atom is 0.175 e. The molecule has 21 heavy (non-hydrogen) atoms. The zero-order valence-corrected chi connectivity index (χ0v) is 16.8. The van der Waals surface area contributed by atoms with Crippen LogP contribution < -0.4 is 0 Å². The molecule has 0 N–H and O–H groups in total. The molecule has 0 spiro atoms. The van der Waals surface area contributed by atoms with Gasteiger partial charge >= 0.3 is 0 Å². The Morgan fingerprint density at radius 3 is 1.67 bits per heavy atom. The van der Waals surface area contributed by atoms with E-state index in [1.165, 1.54) is 45.2 Å². The van der Waals surface area contributed by atoms with E-state index in [0.717, 1.165) is 12.8 Å². The lowest BCUT2D eigenvalue weighted by Gasteiger charge is -2.25. The molecule has 0 saturated carbocycles. The Kier molecular flexibility index (Phi) is 13.7. The van der Waals surface area contributed by atoms with Gasteiger partial charge in [0, 0.05) is 12.3 Å². The van der Waals surface area contributed by atoms with Gasteiger partial charge in [0.15, 0.2) is 9.76 Å². The SMILES string of the molecule is CCC(CC)O[SiH2]CN(CCCN(C)C)CCCN(C)C. The molecule has 0 aliphatic heterocycles. The van der Waals surface area contributed by atoms with Gasteiger partial charge in [-0.15, -0.1) is 0 Å². The maximum atomic E-state index is 6.10. The van der Waals surface area contributed by atoms with Crippen LogP contribution in [-0.2, 0) is 4.43 Å². The van der Waals surface area contributed by atoms with Gasteiger partial charge in [0.1, 0.15) is 0 Å². The van der Waals surface area contributed by atoms with Crippen LogP contribution >= 0.6 is 0 Å². The van der Waals surface area contributed by atoms with Gasteiger partial charge in [-0.2, -0.15) is 0 Å². The molecule has 0 bridgehead atoms. The van der Waals surface area contributed by atoms with Gasteiger partial charge in [-0.25, -0.2) is 0 Å². The molecular formula is C16H39N3OSi. The summed E-state index contributed by atoms with van der Waals surface area (Å²) >= 11 is 0. The molecule has 0 aliphatic rings. The van der Waals surface area contributed by atoms with E-state index in [2.05, 4.69) is 56.7 Å². The summed E-state index contributed by atoms with van der Waals surface area (Å²) in [5, 5.41) is 0. The fraction of sp³-hybridized carbons (Fsp3) is 1.00. The zero-order chi connectivity index (χ0) is 16.1. The molecule has 0 amide bonds. The fourth-order valence-corrected chi connectivity index (χ4v) is 4.04. The summed E-state index contributed by atoms with van der Waals surface area (Å²) in [6.07, 6.45) is 6.54. The Morgan fingerprint density at radius 1 is 0.810 bits per heavy atom. The first-order valence-electron chi connectivity index (χ1n) is 8.63. The number of nitrogens with zero attached hydrogens (tertiary/aromatic N) is 3. The van der Waals surface area contributed by atoms with Gasteiger partial charge in [-0.05, 0) is 80.1 Å². The highest BCUT2D eigenvalue weighted by atomic mass is 28.2. The topological polar surface area (TPSA) is 19.0 Å². The van der Waals surface area contributed by atoms with Crippen molar-refractivity contribution in [1.82, 2.24) is 14.7 Å². The highest BCUT2D eigenvalue weighted by Crippen LogP contribution is 2.02. The largest absolute Gasteiger partial charge is 0.420 e. The van der Waals surface area contributed by atoms with Crippen molar-refractivity contribution in [3.8, 4) is 0 Å². The molecule has 0 atom stereocenters. The molecule has 0 saturated heterocycles. The van der Waals surface area contributed by atoms with E-state index < -0.39 is 9.76 Å². The third-order valence-electron chi connectivity index (χ3n) is 3.83. The maximum absolute atomic E-state index is 6.10. The normalized spacial score (nSPS) is 12.9. The van der Waals surface area contributed by atoms with Gasteiger partial charge in [-0.1, -0.05) is 13.8 Å². The summed E-state index contributed by atoms with van der Waals surface area (Å²) in [4.78, 5) is 7.17. The summed E-state index contributed by atoms with van der Waals surface area (Å²) in [7, 11) is 8.21. The molecule has 0 aliphatic carbocycles. The molecule has 0 rings (SSSR count). The van der Waals surface area contributed by atoms with E-state index in [4.69, 9.17) is 4.43 Å². The summed E-state index contributed by atoms with van der Waals surface area (Å²) in [5.74, 6) is 0. The van der Waals surface area contributed by atoms with E-state index >= 15 is 0 Å². The minimum absolute atomic E-state index is 0.402. The number of hydrogen-bond acceptors (Lipinski definition) is 4. The van der Waals surface area contributed by atoms with Crippen LogP contribution in [0.25, 0.3) is 0 Å². The number of hydrogen-bond donors (Lipinski definition) is 0. The van der Waals surface area contributed by atoms with Crippen molar-refractivity contribution in [3.05, 3.63) is 0 Å². The number of rotatable bonds is 14. The van der Waals surface area contributed by atoms with E-state index in [9.17, 15) is 0 Å². The second-order valence-electron chi connectivity index (χ2n) is 6.46. The van der Waals surface area contributed by atoms with Gasteiger partial charge in [0.05, 0.1) is 0 Å². The third-order valence-corrected chi connectivity index (χ3v) is 5.35. The minimum atomic E-state index is -0.402. The van der Waals surface area contributed by atoms with E-state index in [1.807, 2.05) is 0 Å². The fourth-order valence-electron chi connectivity index (χ4n) is 2.43. The molecule has 0 unspecified atom stereocenters. The summed E-state index contributed by atoms with van der Waals surface area (Å²) in [6, 6.07) is 0. The summed E-state index contributed by atoms with van der Waals surface area (Å²) < 4.78 is 6.10. The van der Waals surface area contributed by atoms with Crippen molar-refractivity contribution < 1.29 is 4.43 Å². The van der Waals surface area contributed by atoms with E-state index in [0.29, 0.717) is 6.10 Å². The molecule has 4 nitrogen and oxygen atoms in total. The van der Waals surface area contributed by atoms with Crippen molar-refractivity contribution in [3.63, 3.8) is 0 Å². The second kappa shape index (κ2) is 13.7. The summed E-state index contributed by atoms with van der Waals surface area (Å²) in [5.41, 5.74) is 0. The predicted octanol–water partition coefficient (Wildman–Crippen LogP) is 1.44. The first kappa shape index (κ1) is 21.1. The molecule has 0 aromatic carbocycles. The van der Waals surface area contributed by atoms with Gasteiger partial charge in [0.2, 0.25) is 0 Å². The first-order chi connectivity index (χ1) is 9.99. The first-order valence-corrected chi connectivity index (χ1v) is 10.2.